The summed E-state index contributed by atoms with van der Waals surface area (Å²) in [4.78, 5) is 15.8. The van der Waals surface area contributed by atoms with Crippen LogP contribution in [0.1, 0.15) is 10.4 Å². The van der Waals surface area contributed by atoms with Gasteiger partial charge >= 0.3 is 0 Å². The van der Waals surface area contributed by atoms with Crippen LogP contribution in [0.3, 0.4) is 0 Å². The van der Waals surface area contributed by atoms with Gasteiger partial charge in [0.05, 0.1) is 17.6 Å². The molecule has 7 nitrogen and oxygen atoms in total. The zero-order chi connectivity index (χ0) is 21.6. The molecule has 1 N–H and O–H groups in total. The Balaban J connectivity index is 1.48. The first-order valence-corrected chi connectivity index (χ1v) is 12.4. The van der Waals surface area contributed by atoms with Crippen LogP contribution in [0.5, 0.6) is 5.75 Å². The smallest absolute Gasteiger partial charge is 0.252 e. The molecule has 3 rings (SSSR count). The Labute approximate surface area is 182 Å². The van der Waals surface area contributed by atoms with Crippen molar-refractivity contribution < 1.29 is 17.9 Å². The Kier molecular flexibility index (Phi) is 7.76. The lowest BCUT2D eigenvalue weighted by Crippen LogP contribution is -2.50. The molecule has 1 amide bonds. The molecule has 9 heteroatoms. The van der Waals surface area contributed by atoms with Gasteiger partial charge in [0.15, 0.2) is 0 Å². The van der Waals surface area contributed by atoms with E-state index < -0.39 is 10.0 Å². The Morgan fingerprint density at radius 2 is 1.73 bits per heavy atom. The first-order chi connectivity index (χ1) is 14.5. The van der Waals surface area contributed by atoms with E-state index >= 15 is 0 Å². The van der Waals surface area contributed by atoms with Crippen molar-refractivity contribution in [2.75, 3.05) is 52.6 Å². The van der Waals surface area contributed by atoms with E-state index in [1.807, 2.05) is 30.5 Å². The van der Waals surface area contributed by atoms with Crippen molar-refractivity contribution >= 4 is 27.7 Å². The Morgan fingerprint density at radius 1 is 1.07 bits per heavy atom. The molecule has 0 radical (unpaired) electrons. The van der Waals surface area contributed by atoms with Crippen molar-refractivity contribution in [3.63, 3.8) is 0 Å². The summed E-state index contributed by atoms with van der Waals surface area (Å²) in [5.74, 6) is 0.543. The summed E-state index contributed by atoms with van der Waals surface area (Å²) >= 11 is 1.55. The molecular weight excluding hydrogens is 422 g/mol. The number of nitrogens with one attached hydrogen (secondary N) is 1. The van der Waals surface area contributed by atoms with Crippen molar-refractivity contribution in [3.8, 4) is 5.75 Å². The minimum atomic E-state index is -3.51. The second-order valence-electron chi connectivity index (χ2n) is 6.88. The molecule has 1 saturated heterocycles. The van der Waals surface area contributed by atoms with E-state index in [-0.39, 0.29) is 10.8 Å². The minimum absolute atomic E-state index is 0.0827. The van der Waals surface area contributed by atoms with Gasteiger partial charge in [0.1, 0.15) is 5.75 Å². The maximum Gasteiger partial charge on any atom is 0.252 e. The van der Waals surface area contributed by atoms with E-state index in [0.717, 1.165) is 4.90 Å². The zero-order valence-corrected chi connectivity index (χ0v) is 18.8. The highest BCUT2D eigenvalue weighted by Crippen LogP contribution is 2.21. The molecule has 0 atom stereocenters. The third-order valence-corrected chi connectivity index (χ3v) is 7.80. The molecular formula is C21H27N3O4S2. The third kappa shape index (κ3) is 5.34. The quantitative estimate of drug-likeness (QED) is 0.622. The Morgan fingerprint density at radius 3 is 2.37 bits per heavy atom. The fourth-order valence-electron chi connectivity index (χ4n) is 3.35. The number of rotatable bonds is 8. The number of sulfonamides is 1. The van der Waals surface area contributed by atoms with Gasteiger partial charge in [-0.15, -0.1) is 11.8 Å². The molecule has 162 valence electrons. The summed E-state index contributed by atoms with van der Waals surface area (Å²) < 4.78 is 32.2. The van der Waals surface area contributed by atoms with Crippen LogP contribution in [0, 0.1) is 0 Å². The van der Waals surface area contributed by atoms with Crippen molar-refractivity contribution in [2.45, 2.75) is 9.79 Å². The van der Waals surface area contributed by atoms with Crippen molar-refractivity contribution in [3.05, 3.63) is 54.1 Å². The number of methoxy groups -OCH3 is 1. The van der Waals surface area contributed by atoms with Crippen LogP contribution >= 0.6 is 11.8 Å². The summed E-state index contributed by atoms with van der Waals surface area (Å²) in [7, 11) is -1.96. The topological polar surface area (TPSA) is 79.0 Å². The molecule has 0 saturated carbocycles. The van der Waals surface area contributed by atoms with Crippen LogP contribution < -0.4 is 10.1 Å². The number of nitrogens with zero attached hydrogens (tertiary/aromatic N) is 2. The van der Waals surface area contributed by atoms with Crippen LogP contribution in [0.15, 0.2) is 58.3 Å². The van der Waals surface area contributed by atoms with Gasteiger partial charge in [-0.25, -0.2) is 8.42 Å². The maximum absolute atomic E-state index is 12.8. The molecule has 2 aromatic rings. The normalized spacial score (nSPS) is 15.7. The number of piperazine rings is 1. The van der Waals surface area contributed by atoms with E-state index in [2.05, 4.69) is 10.2 Å². The molecule has 30 heavy (non-hydrogen) atoms. The van der Waals surface area contributed by atoms with Gasteiger partial charge in [0, 0.05) is 44.2 Å². The number of ether oxygens (including phenoxy) is 1. The zero-order valence-electron chi connectivity index (χ0n) is 17.2. The second kappa shape index (κ2) is 10.3. The van der Waals surface area contributed by atoms with Crippen LogP contribution in [0.25, 0.3) is 0 Å². The molecule has 0 aliphatic carbocycles. The fraction of sp³-hybridized carbons (Fsp3) is 0.381. The van der Waals surface area contributed by atoms with Gasteiger partial charge in [-0.05, 0) is 42.7 Å². The molecule has 2 aromatic carbocycles. The second-order valence-corrected chi connectivity index (χ2v) is 9.66. The van der Waals surface area contributed by atoms with Crippen molar-refractivity contribution in [1.82, 2.24) is 14.5 Å². The Hall–Kier alpha value is -2.07. The standard InChI is InChI=1S/C21H27N3O4S2/c1-28-17-7-9-18(10-8-17)30(26,27)24-15-13-23(14-16-24)12-11-22-21(25)19-5-3-4-6-20(19)29-2/h3-10H,11-16H2,1-2H3,(H,22,25). The van der Waals surface area contributed by atoms with E-state index in [1.54, 1.807) is 43.1 Å². The number of carbonyl (C=O) groups excluding carboxylic acids is 1. The predicted octanol–water partition coefficient (Wildman–Crippen LogP) is 2.15. The lowest BCUT2D eigenvalue weighted by molar-refractivity contribution is 0.0942. The number of amides is 1. The van der Waals surface area contributed by atoms with Crippen LogP contribution in [0.2, 0.25) is 0 Å². The highest BCUT2D eigenvalue weighted by molar-refractivity contribution is 7.98. The van der Waals surface area contributed by atoms with E-state index in [4.69, 9.17) is 4.74 Å². The SMILES string of the molecule is COc1ccc(S(=O)(=O)N2CCN(CCNC(=O)c3ccccc3SC)CC2)cc1. The molecule has 0 unspecified atom stereocenters. The average molecular weight is 450 g/mol. The molecule has 1 fully saturated rings. The molecule has 1 aliphatic rings. The average Bonchev–Trinajstić information content (AvgIpc) is 2.79. The van der Waals surface area contributed by atoms with Gasteiger partial charge in [-0.3, -0.25) is 9.69 Å². The largest absolute Gasteiger partial charge is 0.497 e. The fourth-order valence-corrected chi connectivity index (χ4v) is 5.36. The summed E-state index contributed by atoms with van der Waals surface area (Å²) in [5, 5.41) is 2.96. The summed E-state index contributed by atoms with van der Waals surface area (Å²) in [6, 6.07) is 14.0. The van der Waals surface area contributed by atoms with Crippen LogP contribution in [-0.4, -0.2) is 76.2 Å². The molecule has 0 bridgehead atoms. The number of carbonyl (C=O) groups is 1. The van der Waals surface area contributed by atoms with Crippen LogP contribution in [0.4, 0.5) is 0 Å². The Bertz CT molecular complexity index is 956. The first-order valence-electron chi connectivity index (χ1n) is 9.73. The molecule has 1 aliphatic heterocycles. The summed E-state index contributed by atoms with van der Waals surface area (Å²) in [5.41, 5.74) is 0.681. The van der Waals surface area contributed by atoms with Gasteiger partial charge in [0.2, 0.25) is 10.0 Å². The van der Waals surface area contributed by atoms with Crippen molar-refractivity contribution in [2.24, 2.45) is 0 Å². The van der Waals surface area contributed by atoms with E-state index in [1.165, 1.54) is 4.31 Å². The van der Waals surface area contributed by atoms with E-state index in [0.29, 0.717) is 50.6 Å². The van der Waals surface area contributed by atoms with E-state index in [9.17, 15) is 13.2 Å². The number of benzene rings is 2. The lowest BCUT2D eigenvalue weighted by atomic mass is 10.2. The number of thioether (sulfide) groups is 1. The third-order valence-electron chi connectivity index (χ3n) is 5.09. The number of hydrogen-bond acceptors (Lipinski definition) is 6. The minimum Gasteiger partial charge on any atom is -0.497 e. The van der Waals surface area contributed by atoms with Gasteiger partial charge in [-0.2, -0.15) is 4.31 Å². The summed E-state index contributed by atoms with van der Waals surface area (Å²) in [6.07, 6.45) is 1.95. The maximum atomic E-state index is 12.8. The monoisotopic (exact) mass is 449 g/mol. The van der Waals surface area contributed by atoms with Crippen molar-refractivity contribution in [1.29, 1.82) is 0 Å². The molecule has 0 spiro atoms. The van der Waals surface area contributed by atoms with Gasteiger partial charge < -0.3 is 10.1 Å². The summed E-state index contributed by atoms with van der Waals surface area (Å²) in [6.45, 7) is 3.32. The predicted molar refractivity (Wildman–Crippen MR) is 119 cm³/mol. The number of hydrogen-bond donors (Lipinski definition) is 1. The first kappa shape index (κ1) is 22.6. The van der Waals surface area contributed by atoms with Gasteiger partial charge in [-0.1, -0.05) is 12.1 Å². The van der Waals surface area contributed by atoms with Gasteiger partial charge in [0.25, 0.3) is 5.91 Å². The molecule has 0 aromatic heterocycles. The lowest BCUT2D eigenvalue weighted by Gasteiger charge is -2.34. The highest BCUT2D eigenvalue weighted by Gasteiger charge is 2.28. The molecule has 1 heterocycles. The highest BCUT2D eigenvalue weighted by atomic mass is 32.2. The van der Waals surface area contributed by atoms with Crippen LogP contribution in [-0.2, 0) is 10.0 Å².